The van der Waals surface area contributed by atoms with E-state index in [0.717, 1.165) is 20.2 Å². The van der Waals surface area contributed by atoms with Crippen LogP contribution in [0.15, 0.2) is 68.9 Å². The van der Waals surface area contributed by atoms with Crippen LogP contribution in [-0.4, -0.2) is 24.6 Å². The van der Waals surface area contributed by atoms with Gasteiger partial charge in [-0.25, -0.2) is 14.3 Å². The van der Waals surface area contributed by atoms with Gasteiger partial charge in [-0.2, -0.15) is 0 Å². The first-order chi connectivity index (χ1) is 15.4. The van der Waals surface area contributed by atoms with Gasteiger partial charge in [0.15, 0.2) is 11.2 Å². The fraction of sp³-hybridized carbons (Fsp3) is 0.217. The van der Waals surface area contributed by atoms with Crippen LogP contribution in [0.1, 0.15) is 18.1 Å². The third kappa shape index (κ3) is 4.16. The van der Waals surface area contributed by atoms with Gasteiger partial charge in [0.2, 0.25) is 5.91 Å². The van der Waals surface area contributed by atoms with E-state index in [1.54, 1.807) is 23.0 Å². The van der Waals surface area contributed by atoms with Crippen molar-refractivity contribution in [2.24, 2.45) is 0 Å². The second kappa shape index (κ2) is 8.96. The van der Waals surface area contributed by atoms with E-state index in [1.807, 2.05) is 50.2 Å². The van der Waals surface area contributed by atoms with E-state index in [1.165, 1.54) is 4.57 Å². The van der Waals surface area contributed by atoms with Gasteiger partial charge in [-0.15, -0.1) is 0 Å². The summed E-state index contributed by atoms with van der Waals surface area (Å²) >= 11 is 3.44. The number of nitrogens with zero attached hydrogens (tertiary/aromatic N) is 4. The van der Waals surface area contributed by atoms with Crippen LogP contribution in [0.4, 0.5) is 5.69 Å². The van der Waals surface area contributed by atoms with Gasteiger partial charge < -0.3 is 9.88 Å². The van der Waals surface area contributed by atoms with Crippen molar-refractivity contribution in [1.82, 2.24) is 18.7 Å². The number of carbonyl (C=O) groups is 1. The standard InChI is InChI=1S/C23H22BrN5O3/c1-3-27-14-25-21-20(27)22(31)29(23(32)28(21)12-16-7-5-4-6-8-16)13-19(30)26-17-10-9-15(2)18(24)11-17/h4-11,14H,3,12-13H2,1-2H3,(H,26,30). The number of rotatable bonds is 6. The lowest BCUT2D eigenvalue weighted by Gasteiger charge is -2.13. The van der Waals surface area contributed by atoms with Crippen molar-refractivity contribution in [3.8, 4) is 0 Å². The highest BCUT2D eigenvalue weighted by Gasteiger charge is 2.19. The van der Waals surface area contributed by atoms with Crippen molar-refractivity contribution in [2.75, 3.05) is 5.32 Å². The molecule has 0 spiro atoms. The molecule has 0 fully saturated rings. The molecule has 2 aromatic carbocycles. The van der Waals surface area contributed by atoms with Gasteiger partial charge in [-0.05, 0) is 37.1 Å². The minimum atomic E-state index is -0.576. The highest BCUT2D eigenvalue weighted by Crippen LogP contribution is 2.20. The van der Waals surface area contributed by atoms with E-state index in [0.29, 0.717) is 23.4 Å². The van der Waals surface area contributed by atoms with Crippen molar-refractivity contribution in [3.63, 3.8) is 0 Å². The number of halogens is 1. The van der Waals surface area contributed by atoms with E-state index < -0.39 is 23.7 Å². The number of anilines is 1. The molecule has 0 saturated heterocycles. The Balaban J connectivity index is 1.76. The molecule has 0 aliphatic rings. The molecule has 0 saturated carbocycles. The van der Waals surface area contributed by atoms with Gasteiger partial charge in [0, 0.05) is 16.7 Å². The number of hydrogen-bond acceptors (Lipinski definition) is 4. The Morgan fingerprint density at radius 3 is 2.53 bits per heavy atom. The molecule has 0 bridgehead atoms. The molecule has 4 rings (SSSR count). The summed E-state index contributed by atoms with van der Waals surface area (Å²) in [5.74, 6) is -0.465. The van der Waals surface area contributed by atoms with Gasteiger partial charge in [0.05, 0.1) is 12.9 Å². The summed E-state index contributed by atoms with van der Waals surface area (Å²) in [6.07, 6.45) is 1.54. The Kier molecular flexibility index (Phi) is 6.09. The summed E-state index contributed by atoms with van der Waals surface area (Å²) in [7, 11) is 0. The number of aryl methyl sites for hydroxylation is 2. The number of fused-ring (bicyclic) bond motifs is 1. The summed E-state index contributed by atoms with van der Waals surface area (Å²) < 4.78 is 4.95. The zero-order valence-electron chi connectivity index (χ0n) is 17.7. The van der Waals surface area contributed by atoms with E-state index in [9.17, 15) is 14.4 Å². The molecule has 2 heterocycles. The fourth-order valence-corrected chi connectivity index (χ4v) is 3.92. The van der Waals surface area contributed by atoms with Crippen LogP contribution in [0.3, 0.4) is 0 Å². The van der Waals surface area contributed by atoms with Crippen molar-refractivity contribution in [2.45, 2.75) is 33.5 Å². The molecule has 0 atom stereocenters. The van der Waals surface area contributed by atoms with E-state index in [4.69, 9.17) is 0 Å². The Morgan fingerprint density at radius 1 is 1.09 bits per heavy atom. The smallest absolute Gasteiger partial charge is 0.325 e. The second-order valence-corrected chi connectivity index (χ2v) is 8.31. The number of carbonyl (C=O) groups excluding carboxylic acids is 1. The molecule has 0 aliphatic carbocycles. The Labute approximate surface area is 192 Å². The lowest BCUT2D eigenvalue weighted by atomic mass is 10.2. The van der Waals surface area contributed by atoms with Crippen LogP contribution >= 0.6 is 15.9 Å². The first-order valence-corrected chi connectivity index (χ1v) is 11.0. The lowest BCUT2D eigenvalue weighted by molar-refractivity contribution is -0.116. The summed E-state index contributed by atoms with van der Waals surface area (Å²) in [6.45, 7) is 4.18. The molecule has 4 aromatic rings. The average Bonchev–Trinajstić information content (AvgIpc) is 3.22. The normalized spacial score (nSPS) is 11.1. The molecular weight excluding hydrogens is 474 g/mol. The van der Waals surface area contributed by atoms with E-state index >= 15 is 0 Å². The maximum Gasteiger partial charge on any atom is 0.333 e. The SMILES string of the molecule is CCn1cnc2c1c(=O)n(CC(=O)Nc1ccc(C)c(Br)c1)c(=O)n2Cc1ccccc1. The molecule has 0 unspecified atom stereocenters. The zero-order chi connectivity index (χ0) is 22.8. The molecule has 164 valence electrons. The summed E-state index contributed by atoms with van der Waals surface area (Å²) in [4.78, 5) is 43.5. The minimum absolute atomic E-state index is 0.240. The van der Waals surface area contributed by atoms with Crippen LogP contribution in [0, 0.1) is 6.92 Å². The molecule has 2 aromatic heterocycles. The third-order valence-corrected chi connectivity index (χ3v) is 6.12. The van der Waals surface area contributed by atoms with Gasteiger partial charge in [0.1, 0.15) is 6.54 Å². The highest BCUT2D eigenvalue weighted by atomic mass is 79.9. The molecular formula is C23H22BrN5O3. The predicted octanol–water partition coefficient (Wildman–Crippen LogP) is 3.14. The zero-order valence-corrected chi connectivity index (χ0v) is 19.3. The minimum Gasteiger partial charge on any atom is -0.325 e. The quantitative estimate of drug-likeness (QED) is 0.444. The first-order valence-electron chi connectivity index (χ1n) is 10.2. The Morgan fingerprint density at radius 2 is 1.84 bits per heavy atom. The summed E-state index contributed by atoms with van der Waals surface area (Å²) in [6, 6.07) is 14.9. The second-order valence-electron chi connectivity index (χ2n) is 7.46. The van der Waals surface area contributed by atoms with E-state index in [-0.39, 0.29) is 6.54 Å². The molecule has 1 N–H and O–H groups in total. The monoisotopic (exact) mass is 495 g/mol. The topological polar surface area (TPSA) is 90.9 Å². The molecule has 1 amide bonds. The molecule has 0 radical (unpaired) electrons. The van der Waals surface area contributed by atoms with Crippen molar-refractivity contribution >= 4 is 38.7 Å². The number of imidazole rings is 1. The number of amides is 1. The number of benzene rings is 2. The average molecular weight is 496 g/mol. The number of hydrogen-bond donors (Lipinski definition) is 1. The summed E-state index contributed by atoms with van der Waals surface area (Å²) in [5.41, 5.74) is 1.99. The molecule has 32 heavy (non-hydrogen) atoms. The van der Waals surface area contributed by atoms with Crippen LogP contribution < -0.4 is 16.6 Å². The van der Waals surface area contributed by atoms with Crippen molar-refractivity contribution in [1.29, 1.82) is 0 Å². The largest absolute Gasteiger partial charge is 0.333 e. The predicted molar refractivity (Wildman–Crippen MR) is 127 cm³/mol. The van der Waals surface area contributed by atoms with Crippen molar-refractivity contribution in [3.05, 3.63) is 91.3 Å². The molecule has 9 heteroatoms. The molecule has 8 nitrogen and oxygen atoms in total. The fourth-order valence-electron chi connectivity index (χ4n) is 3.54. The van der Waals surface area contributed by atoms with Gasteiger partial charge in [0.25, 0.3) is 5.56 Å². The summed E-state index contributed by atoms with van der Waals surface area (Å²) in [5, 5.41) is 2.75. The Hall–Kier alpha value is -3.46. The first kappa shape index (κ1) is 21.8. The number of nitrogens with one attached hydrogen (secondary N) is 1. The van der Waals surface area contributed by atoms with Gasteiger partial charge >= 0.3 is 5.69 Å². The van der Waals surface area contributed by atoms with Gasteiger partial charge in [-0.3, -0.25) is 14.2 Å². The van der Waals surface area contributed by atoms with Crippen molar-refractivity contribution < 1.29 is 4.79 Å². The van der Waals surface area contributed by atoms with Crippen LogP contribution in [-0.2, 0) is 24.4 Å². The Bertz CT molecular complexity index is 1420. The maximum absolute atomic E-state index is 13.3. The molecule has 0 aliphatic heterocycles. The maximum atomic E-state index is 13.3. The van der Waals surface area contributed by atoms with Gasteiger partial charge in [-0.1, -0.05) is 52.3 Å². The lowest BCUT2D eigenvalue weighted by Crippen LogP contribution is -2.43. The van der Waals surface area contributed by atoms with E-state index in [2.05, 4.69) is 26.2 Å². The van der Waals surface area contributed by atoms with Crippen LogP contribution in [0.5, 0.6) is 0 Å². The third-order valence-electron chi connectivity index (χ3n) is 5.27. The number of aromatic nitrogens is 4. The van der Waals surface area contributed by atoms with Crippen LogP contribution in [0.2, 0.25) is 0 Å². The highest BCUT2D eigenvalue weighted by molar-refractivity contribution is 9.10. The van der Waals surface area contributed by atoms with Crippen LogP contribution in [0.25, 0.3) is 11.2 Å².